The predicted molar refractivity (Wildman–Crippen MR) is 79.1 cm³/mol. The standard InChI is InChI=1S/C15H27ClN2/c1-13(9-16)10-18-12-14(2,3)17-11-15(18)7-5-4-6-8-15/h9,17H,4-8,10-12H2,1-3H3. The highest BCUT2D eigenvalue weighted by atomic mass is 35.5. The molecule has 0 aromatic rings. The molecule has 1 aliphatic carbocycles. The van der Waals surface area contributed by atoms with Gasteiger partial charge in [0.1, 0.15) is 0 Å². The fourth-order valence-corrected chi connectivity index (χ4v) is 3.55. The summed E-state index contributed by atoms with van der Waals surface area (Å²) in [6, 6.07) is 0. The molecule has 0 unspecified atom stereocenters. The Labute approximate surface area is 117 Å². The summed E-state index contributed by atoms with van der Waals surface area (Å²) in [6.45, 7) is 10.0. The zero-order valence-corrected chi connectivity index (χ0v) is 12.8. The molecule has 1 saturated heterocycles. The first-order valence-electron chi connectivity index (χ1n) is 7.23. The number of hydrogen-bond donors (Lipinski definition) is 1. The first-order valence-corrected chi connectivity index (χ1v) is 7.67. The van der Waals surface area contributed by atoms with Crippen molar-refractivity contribution in [2.24, 2.45) is 0 Å². The molecule has 1 aliphatic heterocycles. The summed E-state index contributed by atoms with van der Waals surface area (Å²) in [5.74, 6) is 0. The van der Waals surface area contributed by atoms with Gasteiger partial charge in [0.2, 0.25) is 0 Å². The molecule has 2 rings (SSSR count). The van der Waals surface area contributed by atoms with E-state index in [1.54, 1.807) is 5.54 Å². The summed E-state index contributed by atoms with van der Waals surface area (Å²) in [6.07, 6.45) is 6.84. The van der Waals surface area contributed by atoms with E-state index in [9.17, 15) is 0 Å². The van der Waals surface area contributed by atoms with E-state index in [1.165, 1.54) is 37.7 Å². The molecular formula is C15H27ClN2. The van der Waals surface area contributed by atoms with Gasteiger partial charge in [-0.1, -0.05) is 30.9 Å². The van der Waals surface area contributed by atoms with Crippen LogP contribution in [-0.4, -0.2) is 35.6 Å². The zero-order valence-electron chi connectivity index (χ0n) is 12.1. The van der Waals surface area contributed by atoms with Crippen molar-refractivity contribution < 1.29 is 0 Å². The minimum Gasteiger partial charge on any atom is -0.309 e. The van der Waals surface area contributed by atoms with Crippen LogP contribution in [0.25, 0.3) is 0 Å². The van der Waals surface area contributed by atoms with Gasteiger partial charge in [0.15, 0.2) is 0 Å². The van der Waals surface area contributed by atoms with Gasteiger partial charge in [-0.05, 0) is 39.2 Å². The molecule has 0 aromatic carbocycles. The number of piperazine rings is 1. The molecule has 18 heavy (non-hydrogen) atoms. The molecule has 1 spiro atoms. The van der Waals surface area contributed by atoms with Crippen LogP contribution >= 0.6 is 11.6 Å². The van der Waals surface area contributed by atoms with Crippen LogP contribution in [0.5, 0.6) is 0 Å². The van der Waals surface area contributed by atoms with Crippen molar-refractivity contribution in [2.75, 3.05) is 19.6 Å². The van der Waals surface area contributed by atoms with Crippen LogP contribution in [0.4, 0.5) is 0 Å². The largest absolute Gasteiger partial charge is 0.309 e. The molecule has 0 atom stereocenters. The number of nitrogens with zero attached hydrogens (tertiary/aromatic N) is 1. The Balaban J connectivity index is 2.15. The smallest absolute Gasteiger partial charge is 0.0338 e. The summed E-state index contributed by atoms with van der Waals surface area (Å²) in [7, 11) is 0. The molecule has 3 heteroatoms. The van der Waals surface area contributed by atoms with E-state index in [0.29, 0.717) is 5.54 Å². The Morgan fingerprint density at radius 2 is 1.94 bits per heavy atom. The second-order valence-electron chi connectivity index (χ2n) is 6.83. The van der Waals surface area contributed by atoms with Gasteiger partial charge in [-0.25, -0.2) is 0 Å². The van der Waals surface area contributed by atoms with Gasteiger partial charge in [0, 0.05) is 36.2 Å². The zero-order chi connectivity index (χ0) is 13.2. The molecule has 2 nitrogen and oxygen atoms in total. The molecule has 104 valence electrons. The Morgan fingerprint density at radius 1 is 1.28 bits per heavy atom. The Morgan fingerprint density at radius 3 is 2.56 bits per heavy atom. The minimum atomic E-state index is 0.218. The van der Waals surface area contributed by atoms with Crippen molar-refractivity contribution >= 4 is 11.6 Å². The molecule has 0 aromatic heterocycles. The Hall–Kier alpha value is -0.0500. The van der Waals surface area contributed by atoms with Gasteiger partial charge in [-0.15, -0.1) is 0 Å². The van der Waals surface area contributed by atoms with Crippen molar-refractivity contribution in [3.8, 4) is 0 Å². The topological polar surface area (TPSA) is 15.3 Å². The fourth-order valence-electron chi connectivity index (χ4n) is 3.48. The maximum atomic E-state index is 5.87. The summed E-state index contributed by atoms with van der Waals surface area (Å²) in [5.41, 5.74) is 3.62. The summed E-state index contributed by atoms with van der Waals surface area (Å²) >= 11 is 5.87. The number of hydrogen-bond acceptors (Lipinski definition) is 2. The monoisotopic (exact) mass is 270 g/mol. The maximum absolute atomic E-state index is 5.87. The molecule has 0 radical (unpaired) electrons. The van der Waals surface area contributed by atoms with Gasteiger partial charge in [0.05, 0.1) is 0 Å². The van der Waals surface area contributed by atoms with Crippen LogP contribution in [0.3, 0.4) is 0 Å². The Kier molecular flexibility index (Phi) is 4.40. The van der Waals surface area contributed by atoms with Gasteiger partial charge in [-0.2, -0.15) is 0 Å². The van der Waals surface area contributed by atoms with E-state index in [4.69, 9.17) is 11.6 Å². The molecule has 1 N–H and O–H groups in total. The van der Waals surface area contributed by atoms with Gasteiger partial charge >= 0.3 is 0 Å². The quantitative estimate of drug-likeness (QED) is 0.826. The van der Waals surface area contributed by atoms with Crippen molar-refractivity contribution in [1.82, 2.24) is 10.2 Å². The van der Waals surface area contributed by atoms with Gasteiger partial charge in [-0.3, -0.25) is 4.90 Å². The van der Waals surface area contributed by atoms with Crippen LogP contribution in [-0.2, 0) is 0 Å². The molecular weight excluding hydrogens is 244 g/mol. The van der Waals surface area contributed by atoms with Crippen LogP contribution in [0.1, 0.15) is 52.9 Å². The molecule has 2 fully saturated rings. The molecule has 2 aliphatic rings. The second-order valence-corrected chi connectivity index (χ2v) is 7.05. The summed E-state index contributed by atoms with van der Waals surface area (Å²) < 4.78 is 0. The molecule has 0 bridgehead atoms. The lowest BCUT2D eigenvalue weighted by atomic mass is 9.76. The summed E-state index contributed by atoms with van der Waals surface area (Å²) in [4.78, 5) is 2.69. The van der Waals surface area contributed by atoms with E-state index in [0.717, 1.165) is 19.6 Å². The number of rotatable bonds is 2. The van der Waals surface area contributed by atoms with Crippen molar-refractivity contribution in [2.45, 2.75) is 64.0 Å². The minimum absolute atomic E-state index is 0.218. The normalized spacial score (nSPS) is 28.6. The highest BCUT2D eigenvalue weighted by molar-refractivity contribution is 6.25. The average molecular weight is 271 g/mol. The van der Waals surface area contributed by atoms with Crippen LogP contribution in [0, 0.1) is 0 Å². The third kappa shape index (κ3) is 3.09. The van der Waals surface area contributed by atoms with Crippen molar-refractivity contribution in [1.29, 1.82) is 0 Å². The first kappa shape index (κ1) is 14.4. The second kappa shape index (κ2) is 5.52. The number of halogens is 1. The van der Waals surface area contributed by atoms with E-state index in [2.05, 4.69) is 31.0 Å². The van der Waals surface area contributed by atoms with Gasteiger partial charge < -0.3 is 5.32 Å². The third-order valence-corrected chi connectivity index (χ3v) is 4.94. The highest BCUT2D eigenvalue weighted by Gasteiger charge is 2.44. The Bertz CT molecular complexity index is 316. The molecule has 0 amide bonds. The lowest BCUT2D eigenvalue weighted by Crippen LogP contribution is -2.68. The maximum Gasteiger partial charge on any atom is 0.0338 e. The van der Waals surface area contributed by atoms with E-state index >= 15 is 0 Å². The summed E-state index contributed by atoms with van der Waals surface area (Å²) in [5, 5.41) is 3.75. The third-order valence-electron chi connectivity index (χ3n) is 4.56. The molecule has 1 heterocycles. The number of nitrogens with one attached hydrogen (secondary N) is 1. The van der Waals surface area contributed by atoms with E-state index < -0.39 is 0 Å². The lowest BCUT2D eigenvalue weighted by molar-refractivity contribution is -0.00294. The van der Waals surface area contributed by atoms with Crippen molar-refractivity contribution in [3.63, 3.8) is 0 Å². The van der Waals surface area contributed by atoms with Gasteiger partial charge in [0.25, 0.3) is 0 Å². The van der Waals surface area contributed by atoms with Crippen LogP contribution < -0.4 is 5.32 Å². The predicted octanol–water partition coefficient (Wildman–Crippen LogP) is 3.52. The SMILES string of the molecule is CC(=CCl)CN1CC(C)(C)NCC12CCCCC2. The van der Waals surface area contributed by atoms with Crippen LogP contribution in [0.15, 0.2) is 11.1 Å². The molecule has 1 saturated carbocycles. The van der Waals surface area contributed by atoms with E-state index in [-0.39, 0.29) is 5.54 Å². The fraction of sp³-hybridized carbons (Fsp3) is 0.867. The van der Waals surface area contributed by atoms with E-state index in [1.807, 2.05) is 0 Å². The first-order chi connectivity index (χ1) is 8.47. The average Bonchev–Trinajstić information content (AvgIpc) is 2.35. The lowest BCUT2D eigenvalue weighted by Gasteiger charge is -2.54. The highest BCUT2D eigenvalue weighted by Crippen LogP contribution is 2.37. The van der Waals surface area contributed by atoms with Crippen LogP contribution in [0.2, 0.25) is 0 Å². The van der Waals surface area contributed by atoms with Crippen molar-refractivity contribution in [3.05, 3.63) is 11.1 Å².